The van der Waals surface area contributed by atoms with Crippen LogP contribution in [0.2, 0.25) is 0 Å². The highest BCUT2D eigenvalue weighted by Crippen LogP contribution is 2.08. The lowest BCUT2D eigenvalue weighted by Gasteiger charge is -2.10. The number of rotatable bonds is 22. The van der Waals surface area contributed by atoms with Crippen LogP contribution in [0.3, 0.4) is 0 Å². The van der Waals surface area contributed by atoms with Gasteiger partial charge in [0.25, 0.3) is 10.2 Å². The summed E-state index contributed by atoms with van der Waals surface area (Å²) >= 11 is 0. The van der Waals surface area contributed by atoms with Gasteiger partial charge in [0.05, 0.1) is 66.1 Å². The van der Waals surface area contributed by atoms with E-state index < -0.39 is 10.2 Å². The maximum atomic E-state index is 12.3. The molecule has 2 N–H and O–H groups in total. The van der Waals surface area contributed by atoms with Crippen LogP contribution in [0.4, 0.5) is 0 Å². The van der Waals surface area contributed by atoms with Crippen molar-refractivity contribution in [3.05, 3.63) is 70.8 Å². The standard InChI is InChI=1S/C26H40N2O8S/c1-31-11-13-33-15-17-35-21-25-7-3-23(4-8-25)19-27-37(29,30)28-20-24-5-9-26(10-6-24)22-36-18-16-34-14-12-32-2/h3-10,27-28H,11-22H2,1-2H3. The Kier molecular flexibility index (Phi) is 16.2. The molecule has 0 fully saturated rings. The van der Waals surface area contributed by atoms with Crippen LogP contribution in [-0.2, 0) is 64.9 Å². The second kappa shape index (κ2) is 19.2. The van der Waals surface area contributed by atoms with E-state index in [4.69, 9.17) is 28.4 Å². The topological polar surface area (TPSA) is 114 Å². The monoisotopic (exact) mass is 540 g/mol. The molecule has 2 aromatic rings. The highest BCUT2D eigenvalue weighted by atomic mass is 32.2. The second-order valence-corrected chi connectivity index (χ2v) is 9.68. The van der Waals surface area contributed by atoms with E-state index in [0.29, 0.717) is 66.1 Å². The maximum Gasteiger partial charge on any atom is 0.277 e. The third-order valence-corrected chi connectivity index (χ3v) is 6.17. The summed E-state index contributed by atoms with van der Waals surface area (Å²) in [6.07, 6.45) is 0. The highest BCUT2D eigenvalue weighted by molar-refractivity contribution is 7.87. The van der Waals surface area contributed by atoms with E-state index in [1.807, 2.05) is 48.5 Å². The van der Waals surface area contributed by atoms with Gasteiger partial charge in [0.15, 0.2) is 0 Å². The smallest absolute Gasteiger partial charge is 0.277 e. The molecule has 0 spiro atoms. The molecule has 0 bridgehead atoms. The third-order valence-electron chi connectivity index (χ3n) is 5.12. The zero-order valence-electron chi connectivity index (χ0n) is 21.8. The minimum atomic E-state index is -3.65. The van der Waals surface area contributed by atoms with Gasteiger partial charge in [0.1, 0.15) is 0 Å². The average Bonchev–Trinajstić information content (AvgIpc) is 2.91. The van der Waals surface area contributed by atoms with E-state index in [0.717, 1.165) is 22.3 Å². The summed E-state index contributed by atoms with van der Waals surface area (Å²) in [5.41, 5.74) is 3.72. The lowest BCUT2D eigenvalue weighted by Crippen LogP contribution is -2.35. The van der Waals surface area contributed by atoms with Gasteiger partial charge >= 0.3 is 0 Å². The Morgan fingerprint density at radius 3 is 1.22 bits per heavy atom. The van der Waals surface area contributed by atoms with Crippen molar-refractivity contribution in [2.45, 2.75) is 26.3 Å². The molecule has 0 aromatic heterocycles. The maximum absolute atomic E-state index is 12.3. The van der Waals surface area contributed by atoms with Crippen molar-refractivity contribution in [1.82, 2.24) is 9.44 Å². The molecule has 0 saturated carbocycles. The van der Waals surface area contributed by atoms with E-state index in [1.165, 1.54) is 0 Å². The van der Waals surface area contributed by atoms with Gasteiger partial charge in [-0.05, 0) is 22.3 Å². The number of nitrogens with one attached hydrogen (secondary N) is 2. The van der Waals surface area contributed by atoms with E-state index >= 15 is 0 Å². The fourth-order valence-corrected chi connectivity index (χ4v) is 3.83. The molecule has 0 saturated heterocycles. The fraction of sp³-hybridized carbons (Fsp3) is 0.538. The quantitative estimate of drug-likeness (QED) is 0.219. The van der Waals surface area contributed by atoms with Crippen molar-refractivity contribution in [3.8, 4) is 0 Å². The Hall–Kier alpha value is -1.93. The van der Waals surface area contributed by atoms with Gasteiger partial charge in [0.2, 0.25) is 0 Å². The summed E-state index contributed by atoms with van der Waals surface area (Å²) in [7, 11) is -0.382. The highest BCUT2D eigenvalue weighted by Gasteiger charge is 2.09. The first-order valence-electron chi connectivity index (χ1n) is 12.2. The first kappa shape index (κ1) is 31.3. The van der Waals surface area contributed by atoms with Crippen LogP contribution < -0.4 is 9.44 Å². The molecule has 0 heterocycles. The minimum absolute atomic E-state index is 0.190. The van der Waals surface area contributed by atoms with Crippen molar-refractivity contribution in [3.63, 3.8) is 0 Å². The van der Waals surface area contributed by atoms with Crippen LogP contribution in [0.15, 0.2) is 48.5 Å². The molecule has 0 aliphatic carbocycles. The summed E-state index contributed by atoms with van der Waals surface area (Å²) in [6, 6.07) is 15.2. The van der Waals surface area contributed by atoms with Crippen molar-refractivity contribution >= 4 is 10.2 Å². The molecule has 11 heteroatoms. The van der Waals surface area contributed by atoms with Gasteiger partial charge in [0, 0.05) is 27.3 Å². The average molecular weight is 541 g/mol. The largest absolute Gasteiger partial charge is 0.382 e. The zero-order valence-corrected chi connectivity index (χ0v) is 22.6. The minimum Gasteiger partial charge on any atom is -0.382 e. The molecule has 0 atom stereocenters. The lowest BCUT2D eigenvalue weighted by atomic mass is 10.1. The molecule has 37 heavy (non-hydrogen) atoms. The van der Waals surface area contributed by atoms with E-state index in [2.05, 4.69) is 9.44 Å². The van der Waals surface area contributed by atoms with Crippen molar-refractivity contribution < 1.29 is 36.8 Å². The summed E-state index contributed by atoms with van der Waals surface area (Å²) in [6.45, 7) is 5.57. The molecule has 0 radical (unpaired) electrons. The number of hydrogen-bond donors (Lipinski definition) is 2. The van der Waals surface area contributed by atoms with Gasteiger partial charge in [-0.15, -0.1) is 0 Å². The Bertz CT molecular complexity index is 869. The lowest BCUT2D eigenvalue weighted by molar-refractivity contribution is 0.0199. The second-order valence-electron chi connectivity index (χ2n) is 8.09. The molecule has 2 aromatic carbocycles. The summed E-state index contributed by atoms with van der Waals surface area (Å²) in [5, 5.41) is 0. The molecule has 208 valence electrons. The summed E-state index contributed by atoms with van der Waals surface area (Å²) < 4.78 is 61.5. The van der Waals surface area contributed by atoms with Crippen LogP contribution >= 0.6 is 0 Å². The SMILES string of the molecule is COCCOCCOCc1ccc(CNS(=O)(=O)NCc2ccc(COCCOCCOC)cc2)cc1. The van der Waals surface area contributed by atoms with Crippen LogP contribution in [-0.4, -0.2) is 75.5 Å². The number of hydrogen-bond acceptors (Lipinski definition) is 8. The van der Waals surface area contributed by atoms with Crippen molar-refractivity contribution in [2.24, 2.45) is 0 Å². The zero-order chi connectivity index (χ0) is 26.6. The van der Waals surface area contributed by atoms with Crippen LogP contribution in [0.25, 0.3) is 0 Å². The van der Waals surface area contributed by atoms with E-state index in [-0.39, 0.29) is 13.1 Å². The predicted octanol–water partition coefficient (Wildman–Crippen LogP) is 2.17. The van der Waals surface area contributed by atoms with E-state index in [9.17, 15) is 8.42 Å². The van der Waals surface area contributed by atoms with Gasteiger partial charge in [-0.25, -0.2) is 0 Å². The van der Waals surface area contributed by atoms with E-state index in [1.54, 1.807) is 14.2 Å². The molecular weight excluding hydrogens is 500 g/mol. The predicted molar refractivity (Wildman–Crippen MR) is 140 cm³/mol. The first-order chi connectivity index (χ1) is 18.0. The van der Waals surface area contributed by atoms with Gasteiger partial charge < -0.3 is 28.4 Å². The molecule has 0 aliphatic rings. The van der Waals surface area contributed by atoms with Crippen LogP contribution in [0, 0.1) is 0 Å². The molecule has 0 amide bonds. The Labute approximate surface area is 220 Å². The Morgan fingerprint density at radius 2 is 0.838 bits per heavy atom. The first-order valence-corrected chi connectivity index (χ1v) is 13.7. The normalized spacial score (nSPS) is 11.7. The molecule has 0 aliphatic heterocycles. The van der Waals surface area contributed by atoms with Crippen LogP contribution in [0.1, 0.15) is 22.3 Å². The molecular formula is C26H40N2O8S. The summed E-state index contributed by atoms with van der Waals surface area (Å²) in [5.74, 6) is 0. The molecule has 10 nitrogen and oxygen atoms in total. The van der Waals surface area contributed by atoms with Gasteiger partial charge in [-0.3, -0.25) is 0 Å². The van der Waals surface area contributed by atoms with Gasteiger partial charge in [-0.1, -0.05) is 48.5 Å². The number of methoxy groups -OCH3 is 2. The van der Waals surface area contributed by atoms with Crippen LogP contribution in [0.5, 0.6) is 0 Å². The summed E-state index contributed by atoms with van der Waals surface area (Å²) in [4.78, 5) is 0. The van der Waals surface area contributed by atoms with Gasteiger partial charge in [-0.2, -0.15) is 17.9 Å². The molecule has 2 rings (SSSR count). The number of benzene rings is 2. The Morgan fingerprint density at radius 1 is 0.514 bits per heavy atom. The fourth-order valence-electron chi connectivity index (χ4n) is 3.02. The molecule has 0 unspecified atom stereocenters. The third kappa shape index (κ3) is 15.2. The number of ether oxygens (including phenoxy) is 6. The van der Waals surface area contributed by atoms with Crippen molar-refractivity contribution in [2.75, 3.05) is 67.1 Å². The Balaban J connectivity index is 1.61. The van der Waals surface area contributed by atoms with Crippen molar-refractivity contribution in [1.29, 1.82) is 0 Å².